The SMILES string of the molecule is CC[C@@H](C)NC(=O)CCNC(=O)NCC(=O)NCCc1ccccc1. The third-order valence-corrected chi connectivity index (χ3v) is 3.65. The second kappa shape index (κ2) is 11.9. The Hall–Kier alpha value is -2.57. The molecule has 0 bridgehead atoms. The molecule has 0 aliphatic heterocycles. The van der Waals surface area contributed by atoms with E-state index in [1.54, 1.807) is 0 Å². The lowest BCUT2D eigenvalue weighted by atomic mass is 10.1. The molecule has 0 unspecified atom stereocenters. The minimum atomic E-state index is -0.463. The topological polar surface area (TPSA) is 99.3 Å². The van der Waals surface area contributed by atoms with Gasteiger partial charge in [-0.05, 0) is 25.3 Å². The molecule has 0 saturated heterocycles. The number of rotatable bonds is 10. The highest BCUT2D eigenvalue weighted by Gasteiger charge is 2.07. The molecule has 7 nitrogen and oxygen atoms in total. The molecule has 0 fully saturated rings. The number of amides is 4. The van der Waals surface area contributed by atoms with Crippen LogP contribution >= 0.6 is 0 Å². The van der Waals surface area contributed by atoms with Crippen molar-refractivity contribution in [3.8, 4) is 0 Å². The lowest BCUT2D eigenvalue weighted by Gasteiger charge is -2.12. The molecule has 0 aliphatic rings. The molecule has 1 aromatic rings. The van der Waals surface area contributed by atoms with E-state index in [1.807, 2.05) is 44.2 Å². The smallest absolute Gasteiger partial charge is 0.315 e. The minimum absolute atomic E-state index is 0.0975. The van der Waals surface area contributed by atoms with Crippen molar-refractivity contribution >= 4 is 17.8 Å². The zero-order chi connectivity index (χ0) is 18.5. The van der Waals surface area contributed by atoms with Gasteiger partial charge in [0.2, 0.25) is 11.8 Å². The number of carbonyl (C=O) groups excluding carboxylic acids is 3. The maximum absolute atomic E-state index is 11.7. The van der Waals surface area contributed by atoms with Gasteiger partial charge in [-0.25, -0.2) is 4.79 Å². The van der Waals surface area contributed by atoms with Crippen LogP contribution in [0.4, 0.5) is 4.79 Å². The summed E-state index contributed by atoms with van der Waals surface area (Å²) in [4.78, 5) is 34.8. The van der Waals surface area contributed by atoms with Crippen LogP contribution in [0.15, 0.2) is 30.3 Å². The van der Waals surface area contributed by atoms with E-state index in [-0.39, 0.29) is 37.4 Å². The Morgan fingerprint density at radius 2 is 1.68 bits per heavy atom. The predicted molar refractivity (Wildman–Crippen MR) is 97.1 cm³/mol. The third-order valence-electron chi connectivity index (χ3n) is 3.65. The van der Waals surface area contributed by atoms with Crippen LogP contribution in [0.5, 0.6) is 0 Å². The Morgan fingerprint density at radius 3 is 2.36 bits per heavy atom. The Balaban J connectivity index is 2.07. The molecule has 0 radical (unpaired) electrons. The Labute approximate surface area is 148 Å². The molecule has 1 atom stereocenters. The van der Waals surface area contributed by atoms with E-state index in [0.717, 1.165) is 18.4 Å². The molecular formula is C18H28N4O3. The second-order valence-corrected chi connectivity index (χ2v) is 5.82. The zero-order valence-electron chi connectivity index (χ0n) is 14.9. The van der Waals surface area contributed by atoms with Gasteiger partial charge in [-0.15, -0.1) is 0 Å². The highest BCUT2D eigenvalue weighted by molar-refractivity contribution is 5.84. The van der Waals surface area contributed by atoms with Crippen LogP contribution < -0.4 is 21.3 Å². The highest BCUT2D eigenvalue weighted by Crippen LogP contribution is 1.97. The van der Waals surface area contributed by atoms with Gasteiger partial charge in [0.05, 0.1) is 6.54 Å². The molecule has 4 N–H and O–H groups in total. The monoisotopic (exact) mass is 348 g/mol. The van der Waals surface area contributed by atoms with Crippen LogP contribution in [-0.4, -0.2) is 43.5 Å². The van der Waals surface area contributed by atoms with Crippen LogP contribution in [0.3, 0.4) is 0 Å². The van der Waals surface area contributed by atoms with Crippen molar-refractivity contribution in [3.63, 3.8) is 0 Å². The maximum Gasteiger partial charge on any atom is 0.315 e. The summed E-state index contributed by atoms with van der Waals surface area (Å²) in [5.41, 5.74) is 1.14. The molecule has 138 valence electrons. The van der Waals surface area contributed by atoms with Crippen LogP contribution in [0.1, 0.15) is 32.3 Å². The van der Waals surface area contributed by atoms with E-state index >= 15 is 0 Å². The van der Waals surface area contributed by atoms with Gasteiger partial charge < -0.3 is 21.3 Å². The average Bonchev–Trinajstić information content (AvgIpc) is 2.60. The van der Waals surface area contributed by atoms with Gasteiger partial charge >= 0.3 is 6.03 Å². The lowest BCUT2D eigenvalue weighted by molar-refractivity contribution is -0.122. The fourth-order valence-electron chi connectivity index (χ4n) is 2.02. The first-order chi connectivity index (χ1) is 12.0. The molecule has 0 aromatic heterocycles. The number of nitrogens with one attached hydrogen (secondary N) is 4. The number of urea groups is 1. The van der Waals surface area contributed by atoms with Gasteiger partial charge in [-0.1, -0.05) is 37.3 Å². The standard InChI is InChI=1S/C18H28N4O3/c1-3-14(2)22-16(23)10-12-20-18(25)21-13-17(24)19-11-9-15-7-5-4-6-8-15/h4-8,14H,3,9-13H2,1-2H3,(H,19,24)(H,22,23)(H2,20,21,25)/t14-/m1/s1. The van der Waals surface area contributed by atoms with Crippen molar-refractivity contribution in [1.29, 1.82) is 0 Å². The zero-order valence-corrected chi connectivity index (χ0v) is 14.9. The molecular weight excluding hydrogens is 320 g/mol. The van der Waals surface area contributed by atoms with Crippen LogP contribution in [0, 0.1) is 0 Å². The first-order valence-electron chi connectivity index (χ1n) is 8.63. The lowest BCUT2D eigenvalue weighted by Crippen LogP contribution is -2.43. The molecule has 1 rings (SSSR count). The summed E-state index contributed by atoms with van der Waals surface area (Å²) in [5, 5.41) is 10.6. The van der Waals surface area contributed by atoms with E-state index in [4.69, 9.17) is 0 Å². The Morgan fingerprint density at radius 1 is 0.960 bits per heavy atom. The number of benzene rings is 1. The Kier molecular flexibility index (Phi) is 9.74. The molecule has 25 heavy (non-hydrogen) atoms. The van der Waals surface area contributed by atoms with Crippen molar-refractivity contribution in [3.05, 3.63) is 35.9 Å². The molecule has 1 aromatic carbocycles. The first kappa shape index (κ1) is 20.5. The van der Waals surface area contributed by atoms with Crippen molar-refractivity contribution in [2.45, 2.75) is 39.2 Å². The van der Waals surface area contributed by atoms with Crippen LogP contribution in [0.25, 0.3) is 0 Å². The van der Waals surface area contributed by atoms with Crippen molar-refractivity contribution < 1.29 is 14.4 Å². The second-order valence-electron chi connectivity index (χ2n) is 5.82. The third kappa shape index (κ3) is 10.0. The summed E-state index contributed by atoms with van der Waals surface area (Å²) in [6.07, 6.45) is 1.81. The summed E-state index contributed by atoms with van der Waals surface area (Å²) in [5.74, 6) is -0.353. The van der Waals surface area contributed by atoms with E-state index < -0.39 is 6.03 Å². The summed E-state index contributed by atoms with van der Waals surface area (Å²) in [7, 11) is 0. The molecule has 7 heteroatoms. The van der Waals surface area contributed by atoms with Gasteiger partial charge in [-0.2, -0.15) is 0 Å². The van der Waals surface area contributed by atoms with E-state index in [2.05, 4.69) is 21.3 Å². The molecule has 0 saturated carbocycles. The molecule has 0 spiro atoms. The van der Waals surface area contributed by atoms with Crippen molar-refractivity contribution in [2.24, 2.45) is 0 Å². The van der Waals surface area contributed by atoms with Gasteiger partial charge in [0.1, 0.15) is 0 Å². The highest BCUT2D eigenvalue weighted by atomic mass is 16.2. The number of hydrogen-bond acceptors (Lipinski definition) is 3. The predicted octanol–water partition coefficient (Wildman–Crippen LogP) is 0.949. The summed E-state index contributed by atoms with van der Waals surface area (Å²) in [6, 6.07) is 9.50. The quantitative estimate of drug-likeness (QED) is 0.506. The molecule has 0 aliphatic carbocycles. The summed E-state index contributed by atoms with van der Waals surface area (Å²) in [6.45, 7) is 4.56. The van der Waals surface area contributed by atoms with Gasteiger partial charge in [-0.3, -0.25) is 9.59 Å². The fraction of sp³-hybridized carbons (Fsp3) is 0.500. The average molecular weight is 348 g/mol. The number of carbonyl (C=O) groups is 3. The van der Waals surface area contributed by atoms with E-state index in [9.17, 15) is 14.4 Å². The molecule has 0 heterocycles. The van der Waals surface area contributed by atoms with E-state index in [0.29, 0.717) is 6.54 Å². The van der Waals surface area contributed by atoms with E-state index in [1.165, 1.54) is 0 Å². The fourth-order valence-corrected chi connectivity index (χ4v) is 2.02. The van der Waals surface area contributed by atoms with Gasteiger partial charge in [0, 0.05) is 25.6 Å². The normalized spacial score (nSPS) is 11.3. The molecule has 4 amide bonds. The van der Waals surface area contributed by atoms with Crippen molar-refractivity contribution in [1.82, 2.24) is 21.3 Å². The first-order valence-corrected chi connectivity index (χ1v) is 8.63. The largest absolute Gasteiger partial charge is 0.354 e. The maximum atomic E-state index is 11.7. The summed E-state index contributed by atoms with van der Waals surface area (Å²) >= 11 is 0. The Bertz CT molecular complexity index is 549. The van der Waals surface area contributed by atoms with Gasteiger partial charge in [0.15, 0.2) is 0 Å². The minimum Gasteiger partial charge on any atom is -0.354 e. The summed E-state index contributed by atoms with van der Waals surface area (Å²) < 4.78 is 0. The van der Waals surface area contributed by atoms with Crippen LogP contribution in [0.2, 0.25) is 0 Å². The van der Waals surface area contributed by atoms with Crippen molar-refractivity contribution in [2.75, 3.05) is 19.6 Å². The van der Waals surface area contributed by atoms with Gasteiger partial charge in [0.25, 0.3) is 0 Å². The van der Waals surface area contributed by atoms with Crippen LogP contribution in [-0.2, 0) is 16.0 Å². The number of hydrogen-bond donors (Lipinski definition) is 4.